The summed E-state index contributed by atoms with van der Waals surface area (Å²) in [7, 11) is -3.72. The van der Waals surface area contributed by atoms with Gasteiger partial charge in [-0.2, -0.15) is 0 Å². The zero-order valence-electron chi connectivity index (χ0n) is 13.7. The number of sulfonamides is 1. The topological polar surface area (TPSA) is 68.1 Å². The van der Waals surface area contributed by atoms with Crippen molar-refractivity contribution < 1.29 is 12.8 Å². The molecule has 1 aromatic carbocycles. The van der Waals surface area contributed by atoms with Crippen LogP contribution in [0.5, 0.6) is 0 Å². The van der Waals surface area contributed by atoms with Crippen molar-refractivity contribution in [2.45, 2.75) is 46.0 Å². The van der Waals surface area contributed by atoms with Crippen molar-refractivity contribution >= 4 is 15.7 Å². The first kappa shape index (κ1) is 17.4. The Hall–Kier alpha value is -1.96. The molecule has 8 heteroatoms. The molecule has 0 N–H and O–H groups in total. The number of halogens is 1. The Morgan fingerprint density at radius 1 is 1.26 bits per heavy atom. The fourth-order valence-electron chi connectivity index (χ4n) is 2.30. The van der Waals surface area contributed by atoms with Crippen LogP contribution in [0, 0.1) is 12.7 Å². The molecule has 0 amide bonds. The van der Waals surface area contributed by atoms with Gasteiger partial charge in [0.25, 0.3) is 0 Å². The van der Waals surface area contributed by atoms with Crippen molar-refractivity contribution in [3.8, 4) is 0 Å². The van der Waals surface area contributed by atoms with Crippen molar-refractivity contribution in [2.24, 2.45) is 0 Å². The van der Waals surface area contributed by atoms with E-state index in [2.05, 4.69) is 10.2 Å². The van der Waals surface area contributed by atoms with Gasteiger partial charge < -0.3 is 4.57 Å². The highest BCUT2D eigenvalue weighted by molar-refractivity contribution is 7.93. The van der Waals surface area contributed by atoms with Gasteiger partial charge in [0.2, 0.25) is 10.0 Å². The molecular weight excluding hydrogens is 319 g/mol. The van der Waals surface area contributed by atoms with E-state index in [1.807, 2.05) is 11.5 Å². The Bertz CT molecular complexity index is 787. The van der Waals surface area contributed by atoms with Gasteiger partial charge in [-0.25, -0.2) is 12.8 Å². The third kappa shape index (κ3) is 3.36. The van der Waals surface area contributed by atoms with E-state index in [4.69, 9.17) is 0 Å². The summed E-state index contributed by atoms with van der Waals surface area (Å²) in [6.45, 7) is 7.41. The Kier molecular flexibility index (Phi) is 5.03. The molecule has 0 radical (unpaired) electrons. The van der Waals surface area contributed by atoms with E-state index >= 15 is 0 Å². The van der Waals surface area contributed by atoms with E-state index in [9.17, 15) is 12.8 Å². The first-order chi connectivity index (χ1) is 10.8. The van der Waals surface area contributed by atoms with Crippen LogP contribution in [-0.4, -0.2) is 28.4 Å². The molecule has 1 aromatic heterocycles. The number of anilines is 1. The fourth-order valence-corrected chi connectivity index (χ4v) is 3.53. The lowest BCUT2D eigenvalue weighted by Gasteiger charge is -2.26. The lowest BCUT2D eigenvalue weighted by atomic mass is 10.3. The third-order valence-corrected chi connectivity index (χ3v) is 5.77. The molecule has 0 saturated heterocycles. The maximum absolute atomic E-state index is 14.2. The molecule has 0 unspecified atom stereocenters. The Morgan fingerprint density at radius 2 is 1.91 bits per heavy atom. The van der Waals surface area contributed by atoms with Crippen LogP contribution in [0.15, 0.2) is 24.3 Å². The predicted molar refractivity (Wildman–Crippen MR) is 87.1 cm³/mol. The molecule has 0 spiro atoms. The number of aryl methyl sites for hydroxylation is 1. The monoisotopic (exact) mass is 340 g/mol. The van der Waals surface area contributed by atoms with E-state index in [1.165, 1.54) is 18.2 Å². The number of para-hydroxylation sites is 1. The molecule has 0 fully saturated rings. The summed E-state index contributed by atoms with van der Waals surface area (Å²) >= 11 is 0. The van der Waals surface area contributed by atoms with Crippen molar-refractivity contribution in [3.63, 3.8) is 0 Å². The van der Waals surface area contributed by atoms with Crippen LogP contribution in [0.25, 0.3) is 0 Å². The standard InChI is InChI=1S/C15H21FN4O2S/c1-5-19-12(4)17-18-15(19)10-20(23(21,22)11(2)3)14-9-7-6-8-13(14)16/h6-9,11H,5,10H2,1-4H3. The Morgan fingerprint density at radius 3 is 2.48 bits per heavy atom. The van der Waals surface area contributed by atoms with Gasteiger partial charge in [-0.05, 0) is 39.8 Å². The second kappa shape index (κ2) is 6.66. The van der Waals surface area contributed by atoms with Gasteiger partial charge in [0.1, 0.15) is 11.6 Å². The Labute approximate surface area is 136 Å². The highest BCUT2D eigenvalue weighted by atomic mass is 32.2. The zero-order valence-corrected chi connectivity index (χ0v) is 14.5. The number of aromatic nitrogens is 3. The van der Waals surface area contributed by atoms with Gasteiger partial charge >= 0.3 is 0 Å². The van der Waals surface area contributed by atoms with E-state index in [1.54, 1.807) is 26.8 Å². The summed E-state index contributed by atoms with van der Waals surface area (Å²) in [6, 6.07) is 5.83. The van der Waals surface area contributed by atoms with Crippen molar-refractivity contribution in [1.29, 1.82) is 0 Å². The average Bonchev–Trinajstić information content (AvgIpc) is 2.85. The highest BCUT2D eigenvalue weighted by Gasteiger charge is 2.29. The van der Waals surface area contributed by atoms with Crippen LogP contribution in [-0.2, 0) is 23.1 Å². The maximum Gasteiger partial charge on any atom is 0.237 e. The molecule has 0 aliphatic heterocycles. The van der Waals surface area contributed by atoms with Crippen molar-refractivity contribution in [3.05, 3.63) is 41.7 Å². The van der Waals surface area contributed by atoms with Crippen LogP contribution < -0.4 is 4.31 Å². The highest BCUT2D eigenvalue weighted by Crippen LogP contribution is 2.26. The minimum absolute atomic E-state index is 0.0181. The summed E-state index contributed by atoms with van der Waals surface area (Å²) in [4.78, 5) is 0. The smallest absolute Gasteiger partial charge is 0.237 e. The molecular formula is C15H21FN4O2S. The van der Waals surface area contributed by atoms with Gasteiger partial charge in [0.15, 0.2) is 5.82 Å². The van der Waals surface area contributed by atoms with Crippen LogP contribution in [0.4, 0.5) is 10.1 Å². The van der Waals surface area contributed by atoms with Gasteiger partial charge in [-0.1, -0.05) is 12.1 Å². The van der Waals surface area contributed by atoms with Gasteiger partial charge in [0.05, 0.1) is 17.5 Å². The third-order valence-electron chi connectivity index (χ3n) is 3.64. The summed E-state index contributed by atoms with van der Waals surface area (Å²) in [5.41, 5.74) is 0.0181. The number of hydrogen-bond acceptors (Lipinski definition) is 4. The number of hydrogen-bond donors (Lipinski definition) is 0. The predicted octanol–water partition coefficient (Wildman–Crippen LogP) is 2.49. The van der Waals surface area contributed by atoms with E-state index < -0.39 is 21.1 Å². The molecule has 6 nitrogen and oxygen atoms in total. The molecule has 1 heterocycles. The summed E-state index contributed by atoms with van der Waals surface area (Å²) in [5.74, 6) is 0.589. The van der Waals surface area contributed by atoms with Gasteiger partial charge in [-0.3, -0.25) is 4.31 Å². The van der Waals surface area contributed by atoms with Crippen LogP contribution >= 0.6 is 0 Å². The lowest BCUT2D eigenvalue weighted by molar-refractivity contribution is 0.572. The molecule has 0 aliphatic rings. The fraction of sp³-hybridized carbons (Fsp3) is 0.467. The maximum atomic E-state index is 14.2. The van der Waals surface area contributed by atoms with Gasteiger partial charge in [0, 0.05) is 6.54 Å². The second-order valence-corrected chi connectivity index (χ2v) is 7.87. The Balaban J connectivity index is 2.53. The largest absolute Gasteiger partial charge is 0.314 e. The molecule has 0 aliphatic carbocycles. The van der Waals surface area contributed by atoms with E-state index in [0.717, 1.165) is 4.31 Å². The van der Waals surface area contributed by atoms with Crippen molar-refractivity contribution in [2.75, 3.05) is 4.31 Å². The molecule has 2 aromatic rings. The minimum Gasteiger partial charge on any atom is -0.314 e. The normalized spacial score (nSPS) is 11.9. The molecule has 0 bridgehead atoms. The lowest BCUT2D eigenvalue weighted by Crippen LogP contribution is -2.37. The van der Waals surface area contributed by atoms with Crippen LogP contribution in [0.3, 0.4) is 0 Å². The first-order valence-corrected chi connectivity index (χ1v) is 8.94. The number of benzene rings is 1. The van der Waals surface area contributed by atoms with Crippen molar-refractivity contribution in [1.82, 2.24) is 14.8 Å². The quantitative estimate of drug-likeness (QED) is 0.810. The average molecular weight is 340 g/mol. The SMILES string of the molecule is CCn1c(C)nnc1CN(c1ccccc1F)S(=O)(=O)C(C)C. The van der Waals surface area contributed by atoms with Gasteiger partial charge in [-0.15, -0.1) is 10.2 Å². The number of nitrogens with zero attached hydrogens (tertiary/aromatic N) is 4. The molecule has 23 heavy (non-hydrogen) atoms. The van der Waals surface area contributed by atoms with E-state index in [-0.39, 0.29) is 12.2 Å². The molecule has 0 saturated carbocycles. The molecule has 0 atom stereocenters. The van der Waals surface area contributed by atoms with E-state index in [0.29, 0.717) is 18.2 Å². The second-order valence-electron chi connectivity index (χ2n) is 5.46. The molecule has 2 rings (SSSR count). The van der Waals surface area contributed by atoms with Crippen LogP contribution in [0.1, 0.15) is 32.4 Å². The van der Waals surface area contributed by atoms with Crippen LogP contribution in [0.2, 0.25) is 0 Å². The summed E-state index contributed by atoms with van der Waals surface area (Å²) in [6.07, 6.45) is 0. The summed E-state index contributed by atoms with van der Waals surface area (Å²) < 4.78 is 42.4. The summed E-state index contributed by atoms with van der Waals surface area (Å²) in [5, 5.41) is 7.34. The minimum atomic E-state index is -3.72. The zero-order chi connectivity index (χ0) is 17.2. The first-order valence-electron chi connectivity index (χ1n) is 7.43. The molecule has 126 valence electrons. The number of rotatable bonds is 6.